The van der Waals surface area contributed by atoms with Gasteiger partial charge in [0.15, 0.2) is 0 Å². The number of hydrogen-bond donors (Lipinski definition) is 0. The van der Waals surface area contributed by atoms with Crippen LogP contribution in [0.5, 0.6) is 5.75 Å². The first-order chi connectivity index (χ1) is 6.61. The zero-order chi connectivity index (χ0) is 10.6. The van der Waals surface area contributed by atoms with Gasteiger partial charge in [-0.2, -0.15) is 0 Å². The fourth-order valence-electron chi connectivity index (χ4n) is 1.24. The number of rotatable bonds is 4. The van der Waals surface area contributed by atoms with Crippen molar-refractivity contribution in [2.24, 2.45) is 0 Å². The predicted molar refractivity (Wildman–Crippen MR) is 61.3 cm³/mol. The molecule has 1 aromatic rings. The summed E-state index contributed by atoms with van der Waals surface area (Å²) < 4.78 is 5.54. The van der Waals surface area contributed by atoms with Crippen molar-refractivity contribution in [1.29, 1.82) is 0 Å². The molecule has 0 bridgehead atoms. The number of halogens is 1. The van der Waals surface area contributed by atoms with Gasteiger partial charge in [0.25, 0.3) is 0 Å². The standard InChI is InChI=1S/C12H15ClO/c1-9-4-10(2)6-12(5-9)14-8-11(3)7-13/h4-6H,3,7-8H2,1-2H3. The number of ether oxygens (including phenoxy) is 1. The normalized spacial score (nSPS) is 9.93. The first-order valence-electron chi connectivity index (χ1n) is 4.55. The number of hydrogen-bond acceptors (Lipinski definition) is 1. The van der Waals surface area contributed by atoms with E-state index in [1.54, 1.807) is 0 Å². The van der Waals surface area contributed by atoms with Gasteiger partial charge in [-0.25, -0.2) is 0 Å². The maximum Gasteiger partial charge on any atom is 0.120 e. The lowest BCUT2D eigenvalue weighted by molar-refractivity contribution is 0.352. The lowest BCUT2D eigenvalue weighted by Crippen LogP contribution is -2.01. The fourth-order valence-corrected chi connectivity index (χ4v) is 1.32. The summed E-state index contributed by atoms with van der Waals surface area (Å²) in [6.07, 6.45) is 0. The van der Waals surface area contributed by atoms with Crippen LogP contribution in [-0.2, 0) is 0 Å². The molecule has 0 atom stereocenters. The van der Waals surface area contributed by atoms with E-state index in [4.69, 9.17) is 16.3 Å². The Kier molecular flexibility index (Phi) is 4.02. The smallest absolute Gasteiger partial charge is 0.120 e. The minimum absolute atomic E-state index is 0.449. The van der Waals surface area contributed by atoms with Crippen LogP contribution in [0, 0.1) is 13.8 Å². The molecule has 0 aliphatic rings. The van der Waals surface area contributed by atoms with Gasteiger partial charge in [0.05, 0.1) is 0 Å². The van der Waals surface area contributed by atoms with Crippen molar-refractivity contribution in [3.8, 4) is 5.75 Å². The van der Waals surface area contributed by atoms with Crippen molar-refractivity contribution in [2.75, 3.05) is 12.5 Å². The van der Waals surface area contributed by atoms with Crippen molar-refractivity contribution in [3.05, 3.63) is 41.5 Å². The highest BCUT2D eigenvalue weighted by molar-refractivity contribution is 6.19. The van der Waals surface area contributed by atoms with Gasteiger partial charge in [-0.1, -0.05) is 12.6 Å². The molecule has 0 spiro atoms. The van der Waals surface area contributed by atoms with E-state index in [-0.39, 0.29) is 0 Å². The van der Waals surface area contributed by atoms with Gasteiger partial charge in [0, 0.05) is 5.88 Å². The highest BCUT2D eigenvalue weighted by Crippen LogP contribution is 2.16. The van der Waals surface area contributed by atoms with Gasteiger partial charge in [-0.15, -0.1) is 11.6 Å². The summed E-state index contributed by atoms with van der Waals surface area (Å²) >= 11 is 5.60. The molecule has 0 saturated heterocycles. The molecule has 0 unspecified atom stereocenters. The molecule has 0 heterocycles. The second-order valence-corrected chi connectivity index (χ2v) is 3.76. The third-order valence-electron chi connectivity index (χ3n) is 1.83. The van der Waals surface area contributed by atoms with Gasteiger partial charge in [-0.05, 0) is 42.7 Å². The molecular weight excluding hydrogens is 196 g/mol. The molecule has 1 nitrogen and oxygen atoms in total. The summed E-state index contributed by atoms with van der Waals surface area (Å²) in [6.45, 7) is 8.37. The zero-order valence-corrected chi connectivity index (χ0v) is 9.40. The molecule has 0 fully saturated rings. The van der Waals surface area contributed by atoms with Crippen molar-refractivity contribution < 1.29 is 4.74 Å². The van der Waals surface area contributed by atoms with Crippen LogP contribution in [0.2, 0.25) is 0 Å². The van der Waals surface area contributed by atoms with Crippen LogP contribution in [0.25, 0.3) is 0 Å². The molecule has 0 saturated carbocycles. The summed E-state index contributed by atoms with van der Waals surface area (Å²) in [5.41, 5.74) is 3.30. The summed E-state index contributed by atoms with van der Waals surface area (Å²) in [4.78, 5) is 0. The summed E-state index contributed by atoms with van der Waals surface area (Å²) in [6, 6.07) is 6.13. The Morgan fingerprint density at radius 3 is 2.36 bits per heavy atom. The van der Waals surface area contributed by atoms with E-state index in [1.165, 1.54) is 11.1 Å². The molecule has 0 N–H and O–H groups in total. The third-order valence-corrected chi connectivity index (χ3v) is 2.21. The summed E-state index contributed by atoms with van der Waals surface area (Å²) in [5, 5.41) is 0. The quantitative estimate of drug-likeness (QED) is 0.546. The second kappa shape index (κ2) is 5.06. The van der Waals surface area contributed by atoms with E-state index in [9.17, 15) is 0 Å². The van der Waals surface area contributed by atoms with Gasteiger partial charge in [0.1, 0.15) is 12.4 Å². The van der Waals surface area contributed by atoms with Crippen LogP contribution in [-0.4, -0.2) is 12.5 Å². The average molecular weight is 211 g/mol. The Morgan fingerprint density at radius 1 is 1.29 bits per heavy atom. The van der Waals surface area contributed by atoms with Gasteiger partial charge < -0.3 is 4.74 Å². The Hall–Kier alpha value is -0.950. The maximum atomic E-state index is 5.60. The van der Waals surface area contributed by atoms with Crippen molar-refractivity contribution in [2.45, 2.75) is 13.8 Å². The molecule has 0 aliphatic carbocycles. The van der Waals surface area contributed by atoms with E-state index in [1.807, 2.05) is 12.1 Å². The molecule has 76 valence electrons. The van der Waals surface area contributed by atoms with E-state index in [0.29, 0.717) is 12.5 Å². The SMILES string of the molecule is C=C(CCl)COc1cc(C)cc(C)c1. The molecule has 1 aromatic carbocycles. The minimum atomic E-state index is 0.449. The number of alkyl halides is 1. The monoisotopic (exact) mass is 210 g/mol. The Labute approximate surface area is 90.3 Å². The molecule has 2 heteroatoms. The first kappa shape index (κ1) is 11.1. The molecular formula is C12H15ClO. The highest BCUT2D eigenvalue weighted by atomic mass is 35.5. The van der Waals surface area contributed by atoms with Gasteiger partial charge in [-0.3, -0.25) is 0 Å². The van der Waals surface area contributed by atoms with E-state index >= 15 is 0 Å². The number of benzene rings is 1. The predicted octanol–water partition coefficient (Wildman–Crippen LogP) is 3.48. The Bertz CT molecular complexity index is 311. The third kappa shape index (κ3) is 3.43. The van der Waals surface area contributed by atoms with Crippen LogP contribution in [0.15, 0.2) is 30.4 Å². The summed E-state index contributed by atoms with van der Waals surface area (Å²) in [5.74, 6) is 1.33. The van der Waals surface area contributed by atoms with Crippen molar-refractivity contribution in [1.82, 2.24) is 0 Å². The average Bonchev–Trinajstić information content (AvgIpc) is 2.12. The highest BCUT2D eigenvalue weighted by Gasteiger charge is 1.98. The van der Waals surface area contributed by atoms with E-state index < -0.39 is 0 Å². The maximum absolute atomic E-state index is 5.60. The van der Waals surface area contributed by atoms with E-state index in [2.05, 4.69) is 26.5 Å². The lowest BCUT2D eigenvalue weighted by atomic mass is 10.1. The van der Waals surface area contributed by atoms with Crippen molar-refractivity contribution in [3.63, 3.8) is 0 Å². The van der Waals surface area contributed by atoms with E-state index in [0.717, 1.165) is 11.3 Å². The van der Waals surface area contributed by atoms with Gasteiger partial charge in [0.2, 0.25) is 0 Å². The summed E-state index contributed by atoms with van der Waals surface area (Å²) in [7, 11) is 0. The van der Waals surface area contributed by atoms with Crippen LogP contribution < -0.4 is 4.74 Å². The minimum Gasteiger partial charge on any atom is -0.489 e. The molecule has 14 heavy (non-hydrogen) atoms. The molecule has 1 rings (SSSR count). The molecule has 0 aliphatic heterocycles. The molecule has 0 aromatic heterocycles. The lowest BCUT2D eigenvalue weighted by Gasteiger charge is -2.08. The zero-order valence-electron chi connectivity index (χ0n) is 8.64. The van der Waals surface area contributed by atoms with Crippen LogP contribution >= 0.6 is 11.6 Å². The number of aryl methyl sites for hydroxylation is 2. The molecule has 0 radical (unpaired) electrons. The Morgan fingerprint density at radius 2 is 1.86 bits per heavy atom. The largest absolute Gasteiger partial charge is 0.489 e. The Balaban J connectivity index is 2.63. The van der Waals surface area contributed by atoms with Crippen molar-refractivity contribution >= 4 is 11.6 Å². The topological polar surface area (TPSA) is 9.23 Å². The van der Waals surface area contributed by atoms with Crippen LogP contribution in [0.1, 0.15) is 11.1 Å². The first-order valence-corrected chi connectivity index (χ1v) is 5.09. The molecule has 0 amide bonds. The fraction of sp³-hybridized carbons (Fsp3) is 0.333. The van der Waals surface area contributed by atoms with Crippen LogP contribution in [0.3, 0.4) is 0 Å². The van der Waals surface area contributed by atoms with Gasteiger partial charge >= 0.3 is 0 Å². The second-order valence-electron chi connectivity index (χ2n) is 3.50. The van der Waals surface area contributed by atoms with Crippen LogP contribution in [0.4, 0.5) is 0 Å².